The van der Waals surface area contributed by atoms with Gasteiger partial charge < -0.3 is 10.6 Å². The molecule has 21 heavy (non-hydrogen) atoms. The van der Waals surface area contributed by atoms with Crippen LogP contribution >= 0.6 is 0 Å². The van der Waals surface area contributed by atoms with Gasteiger partial charge in [-0.05, 0) is 38.3 Å². The van der Waals surface area contributed by atoms with Crippen molar-refractivity contribution < 1.29 is 0 Å². The molecule has 3 heteroatoms. The number of rotatable bonds is 3. The van der Waals surface area contributed by atoms with E-state index in [1.165, 1.54) is 57.4 Å². The molecule has 3 rings (SSSR count). The minimum atomic E-state index is 0.227. The van der Waals surface area contributed by atoms with Crippen LogP contribution in [0.2, 0.25) is 0 Å². The molecule has 0 spiro atoms. The number of piperazine rings is 1. The Kier molecular flexibility index (Phi) is 4.63. The standard InChI is InChI=1S/C18H29N3/c1-20-11-13-21(14-12-20)17-7-9-18(15-19,10-8-17)16-5-3-2-4-6-16/h2-6,17H,7-15,19H2,1H3. The monoisotopic (exact) mass is 287 g/mol. The minimum Gasteiger partial charge on any atom is -0.330 e. The van der Waals surface area contributed by atoms with Crippen LogP contribution in [-0.2, 0) is 5.41 Å². The van der Waals surface area contributed by atoms with E-state index < -0.39 is 0 Å². The molecule has 1 aromatic carbocycles. The fraction of sp³-hybridized carbons (Fsp3) is 0.667. The van der Waals surface area contributed by atoms with Crippen molar-refractivity contribution in [1.29, 1.82) is 0 Å². The number of likely N-dealkylation sites (N-methyl/N-ethyl adjacent to an activating group) is 1. The summed E-state index contributed by atoms with van der Waals surface area (Å²) in [5, 5.41) is 0. The summed E-state index contributed by atoms with van der Waals surface area (Å²) in [5.74, 6) is 0. The second kappa shape index (κ2) is 6.47. The molecule has 1 aromatic rings. The lowest BCUT2D eigenvalue weighted by molar-refractivity contribution is 0.0757. The predicted molar refractivity (Wildman–Crippen MR) is 88.5 cm³/mol. The van der Waals surface area contributed by atoms with Crippen molar-refractivity contribution in [1.82, 2.24) is 9.80 Å². The van der Waals surface area contributed by atoms with Crippen molar-refractivity contribution in [3.63, 3.8) is 0 Å². The Morgan fingerprint density at radius 3 is 2.24 bits per heavy atom. The predicted octanol–water partition coefficient (Wildman–Crippen LogP) is 2.07. The van der Waals surface area contributed by atoms with Gasteiger partial charge in [-0.25, -0.2) is 0 Å². The fourth-order valence-electron chi connectivity index (χ4n) is 4.11. The number of benzene rings is 1. The first-order valence-corrected chi connectivity index (χ1v) is 8.42. The van der Waals surface area contributed by atoms with Gasteiger partial charge in [-0.2, -0.15) is 0 Å². The Hall–Kier alpha value is -0.900. The van der Waals surface area contributed by atoms with Crippen molar-refractivity contribution in [2.24, 2.45) is 5.73 Å². The molecule has 2 N–H and O–H groups in total. The van der Waals surface area contributed by atoms with Crippen LogP contribution in [-0.4, -0.2) is 55.6 Å². The first-order valence-electron chi connectivity index (χ1n) is 8.42. The SMILES string of the molecule is CN1CCN(C2CCC(CN)(c3ccccc3)CC2)CC1. The summed E-state index contributed by atoms with van der Waals surface area (Å²) in [7, 11) is 2.23. The molecule has 0 unspecified atom stereocenters. The first-order chi connectivity index (χ1) is 10.2. The molecular weight excluding hydrogens is 258 g/mol. The normalized spacial score (nSPS) is 32.2. The average molecular weight is 287 g/mol. The van der Waals surface area contributed by atoms with Crippen molar-refractivity contribution in [2.75, 3.05) is 39.8 Å². The molecule has 3 nitrogen and oxygen atoms in total. The molecule has 0 aromatic heterocycles. The molecule has 1 saturated heterocycles. The van der Waals surface area contributed by atoms with Gasteiger partial charge in [0.05, 0.1) is 0 Å². The number of hydrogen-bond donors (Lipinski definition) is 1. The van der Waals surface area contributed by atoms with Crippen molar-refractivity contribution in [2.45, 2.75) is 37.1 Å². The van der Waals surface area contributed by atoms with Crippen molar-refractivity contribution >= 4 is 0 Å². The summed E-state index contributed by atoms with van der Waals surface area (Å²) < 4.78 is 0. The van der Waals surface area contributed by atoms with Gasteiger partial charge in [0.2, 0.25) is 0 Å². The van der Waals surface area contributed by atoms with E-state index in [4.69, 9.17) is 5.73 Å². The van der Waals surface area contributed by atoms with Crippen molar-refractivity contribution in [3.05, 3.63) is 35.9 Å². The molecule has 0 bridgehead atoms. The van der Waals surface area contributed by atoms with Crippen LogP contribution in [0.1, 0.15) is 31.2 Å². The summed E-state index contributed by atoms with van der Waals surface area (Å²) in [5.41, 5.74) is 7.87. The topological polar surface area (TPSA) is 32.5 Å². The third-order valence-electron chi connectivity index (χ3n) is 5.74. The summed E-state index contributed by atoms with van der Waals surface area (Å²) in [6.45, 7) is 5.70. The summed E-state index contributed by atoms with van der Waals surface area (Å²) >= 11 is 0. The average Bonchev–Trinajstić information content (AvgIpc) is 2.56. The fourth-order valence-corrected chi connectivity index (χ4v) is 4.11. The summed E-state index contributed by atoms with van der Waals surface area (Å²) in [4.78, 5) is 5.15. The quantitative estimate of drug-likeness (QED) is 0.924. The molecule has 1 aliphatic carbocycles. The number of nitrogens with zero attached hydrogens (tertiary/aromatic N) is 2. The second-order valence-corrected chi connectivity index (χ2v) is 6.92. The largest absolute Gasteiger partial charge is 0.330 e. The first kappa shape index (κ1) is 15.0. The van der Waals surface area contributed by atoms with Crippen LogP contribution in [0, 0.1) is 0 Å². The lowest BCUT2D eigenvalue weighted by Crippen LogP contribution is -2.52. The third-order valence-corrected chi connectivity index (χ3v) is 5.74. The molecule has 116 valence electrons. The molecule has 0 radical (unpaired) electrons. The Morgan fingerprint density at radius 2 is 1.67 bits per heavy atom. The van der Waals surface area contributed by atoms with Crippen LogP contribution in [0.25, 0.3) is 0 Å². The van der Waals surface area contributed by atoms with Gasteiger partial charge in [0.15, 0.2) is 0 Å². The maximum absolute atomic E-state index is 6.19. The molecule has 0 atom stereocenters. The van der Waals surface area contributed by atoms with Gasteiger partial charge in [-0.15, -0.1) is 0 Å². The molecule has 1 saturated carbocycles. The third kappa shape index (κ3) is 3.15. The molecule has 2 aliphatic rings. The Morgan fingerprint density at radius 1 is 1.05 bits per heavy atom. The van der Waals surface area contributed by atoms with E-state index in [1.54, 1.807) is 0 Å². The summed E-state index contributed by atoms with van der Waals surface area (Å²) in [6, 6.07) is 11.7. The molecule has 2 fully saturated rings. The molecule has 1 aliphatic heterocycles. The van der Waals surface area contributed by atoms with Crippen LogP contribution in [0.5, 0.6) is 0 Å². The van der Waals surface area contributed by atoms with Gasteiger partial charge >= 0.3 is 0 Å². The van der Waals surface area contributed by atoms with E-state index in [0.717, 1.165) is 12.6 Å². The Balaban J connectivity index is 1.63. The zero-order valence-corrected chi connectivity index (χ0v) is 13.3. The lowest BCUT2D eigenvalue weighted by atomic mass is 9.68. The van der Waals surface area contributed by atoms with Crippen LogP contribution in [0.4, 0.5) is 0 Å². The highest BCUT2D eigenvalue weighted by molar-refractivity contribution is 5.26. The van der Waals surface area contributed by atoms with E-state index >= 15 is 0 Å². The summed E-state index contributed by atoms with van der Waals surface area (Å²) in [6.07, 6.45) is 5.08. The number of hydrogen-bond acceptors (Lipinski definition) is 3. The van der Waals surface area contributed by atoms with E-state index in [9.17, 15) is 0 Å². The van der Waals surface area contributed by atoms with Crippen molar-refractivity contribution in [3.8, 4) is 0 Å². The smallest absolute Gasteiger partial charge is 0.0113 e. The van der Waals surface area contributed by atoms with Gasteiger partial charge in [0.1, 0.15) is 0 Å². The van der Waals surface area contributed by atoms with Crippen LogP contribution in [0.3, 0.4) is 0 Å². The second-order valence-electron chi connectivity index (χ2n) is 6.92. The van der Waals surface area contributed by atoms with Crippen LogP contribution < -0.4 is 5.73 Å². The highest BCUT2D eigenvalue weighted by atomic mass is 15.3. The van der Waals surface area contributed by atoms with E-state index in [1.807, 2.05) is 0 Å². The minimum absolute atomic E-state index is 0.227. The van der Waals surface area contributed by atoms with Gasteiger partial charge in [-0.3, -0.25) is 4.90 Å². The van der Waals surface area contributed by atoms with Gasteiger partial charge in [-0.1, -0.05) is 30.3 Å². The van der Waals surface area contributed by atoms with Crippen LogP contribution in [0.15, 0.2) is 30.3 Å². The molecule has 0 amide bonds. The van der Waals surface area contributed by atoms with Gasteiger partial charge in [0.25, 0.3) is 0 Å². The maximum Gasteiger partial charge on any atom is 0.0113 e. The van der Waals surface area contributed by atoms with Gasteiger partial charge in [0, 0.05) is 44.2 Å². The Bertz CT molecular complexity index is 429. The lowest BCUT2D eigenvalue weighted by Gasteiger charge is -2.45. The zero-order valence-electron chi connectivity index (χ0n) is 13.3. The Labute approximate surface area is 129 Å². The van der Waals surface area contributed by atoms with E-state index in [-0.39, 0.29) is 5.41 Å². The van der Waals surface area contributed by atoms with E-state index in [2.05, 4.69) is 47.2 Å². The zero-order chi connectivity index (χ0) is 14.7. The highest BCUT2D eigenvalue weighted by Crippen LogP contribution is 2.40. The maximum atomic E-state index is 6.19. The molecular formula is C18H29N3. The highest BCUT2D eigenvalue weighted by Gasteiger charge is 2.37. The van der Waals surface area contributed by atoms with E-state index in [0.29, 0.717) is 0 Å². The number of nitrogens with two attached hydrogens (primary N) is 1. The molecule has 1 heterocycles.